The third-order valence-corrected chi connectivity index (χ3v) is 2.48. The SMILES string of the molecule is Cc1nc(N)c(C)c(-c2cc(F)ccc2F)n1. The number of aromatic nitrogens is 2. The molecule has 2 N–H and O–H groups in total. The summed E-state index contributed by atoms with van der Waals surface area (Å²) in [5, 5.41) is 0. The third kappa shape index (κ3) is 2.08. The maximum absolute atomic E-state index is 13.6. The van der Waals surface area contributed by atoms with E-state index in [0.29, 0.717) is 17.1 Å². The molecule has 17 heavy (non-hydrogen) atoms. The van der Waals surface area contributed by atoms with Crippen LogP contribution in [0, 0.1) is 25.5 Å². The van der Waals surface area contributed by atoms with E-state index in [0.717, 1.165) is 18.2 Å². The molecule has 0 saturated heterocycles. The van der Waals surface area contributed by atoms with E-state index in [1.807, 2.05) is 0 Å². The Hall–Kier alpha value is -2.04. The molecule has 2 rings (SSSR count). The summed E-state index contributed by atoms with van der Waals surface area (Å²) in [4.78, 5) is 8.07. The van der Waals surface area contributed by atoms with Gasteiger partial charge in [0.1, 0.15) is 23.3 Å². The van der Waals surface area contributed by atoms with Crippen LogP contribution < -0.4 is 5.73 Å². The number of halogens is 2. The topological polar surface area (TPSA) is 51.8 Å². The van der Waals surface area contributed by atoms with Crippen molar-refractivity contribution in [2.45, 2.75) is 13.8 Å². The molecule has 1 heterocycles. The van der Waals surface area contributed by atoms with Crippen LogP contribution in [0.2, 0.25) is 0 Å². The molecule has 0 aliphatic carbocycles. The van der Waals surface area contributed by atoms with E-state index in [2.05, 4.69) is 9.97 Å². The van der Waals surface area contributed by atoms with Gasteiger partial charge in [0.15, 0.2) is 0 Å². The van der Waals surface area contributed by atoms with Gasteiger partial charge in [-0.1, -0.05) is 0 Å². The average molecular weight is 235 g/mol. The highest BCUT2D eigenvalue weighted by atomic mass is 19.1. The van der Waals surface area contributed by atoms with Crippen molar-refractivity contribution in [2.24, 2.45) is 0 Å². The van der Waals surface area contributed by atoms with Gasteiger partial charge in [0.25, 0.3) is 0 Å². The molecular weight excluding hydrogens is 224 g/mol. The van der Waals surface area contributed by atoms with Gasteiger partial charge in [-0.25, -0.2) is 18.7 Å². The van der Waals surface area contributed by atoms with E-state index in [1.165, 1.54) is 0 Å². The smallest absolute Gasteiger partial charge is 0.132 e. The summed E-state index contributed by atoms with van der Waals surface area (Å²) in [6.45, 7) is 3.32. The summed E-state index contributed by atoms with van der Waals surface area (Å²) in [7, 11) is 0. The Labute approximate surface area is 97.3 Å². The second-order valence-corrected chi connectivity index (χ2v) is 3.75. The molecule has 0 bridgehead atoms. The zero-order chi connectivity index (χ0) is 12.6. The first-order valence-electron chi connectivity index (χ1n) is 5.05. The first-order valence-corrected chi connectivity index (χ1v) is 5.05. The van der Waals surface area contributed by atoms with Gasteiger partial charge in [0.05, 0.1) is 5.69 Å². The van der Waals surface area contributed by atoms with Gasteiger partial charge >= 0.3 is 0 Å². The van der Waals surface area contributed by atoms with Crippen molar-refractivity contribution in [3.63, 3.8) is 0 Å². The van der Waals surface area contributed by atoms with Crippen molar-refractivity contribution in [2.75, 3.05) is 5.73 Å². The Bertz CT molecular complexity index is 582. The highest BCUT2D eigenvalue weighted by Crippen LogP contribution is 2.27. The molecule has 2 aromatic rings. The Balaban J connectivity index is 2.72. The number of hydrogen-bond acceptors (Lipinski definition) is 3. The van der Waals surface area contributed by atoms with Crippen LogP contribution in [0.1, 0.15) is 11.4 Å². The van der Waals surface area contributed by atoms with Crippen molar-refractivity contribution in [1.82, 2.24) is 9.97 Å². The molecule has 88 valence electrons. The van der Waals surface area contributed by atoms with Crippen molar-refractivity contribution < 1.29 is 8.78 Å². The van der Waals surface area contributed by atoms with Crippen LogP contribution in [-0.4, -0.2) is 9.97 Å². The minimum absolute atomic E-state index is 0.0969. The molecule has 0 fully saturated rings. The highest BCUT2D eigenvalue weighted by molar-refractivity contribution is 5.67. The number of benzene rings is 1. The molecule has 0 atom stereocenters. The highest BCUT2D eigenvalue weighted by Gasteiger charge is 2.13. The molecule has 0 amide bonds. The van der Waals surface area contributed by atoms with Gasteiger partial charge in [0.2, 0.25) is 0 Å². The van der Waals surface area contributed by atoms with Gasteiger partial charge < -0.3 is 5.73 Å². The van der Waals surface area contributed by atoms with Crippen LogP contribution in [0.5, 0.6) is 0 Å². The van der Waals surface area contributed by atoms with Gasteiger partial charge in [-0.3, -0.25) is 0 Å². The predicted octanol–water partition coefficient (Wildman–Crippen LogP) is 2.62. The molecular formula is C12H11F2N3. The largest absolute Gasteiger partial charge is 0.383 e. The Morgan fingerprint density at radius 3 is 2.53 bits per heavy atom. The van der Waals surface area contributed by atoms with Gasteiger partial charge in [-0.05, 0) is 32.0 Å². The fraction of sp³-hybridized carbons (Fsp3) is 0.167. The Morgan fingerprint density at radius 1 is 1.12 bits per heavy atom. The fourth-order valence-corrected chi connectivity index (χ4v) is 1.59. The molecule has 0 spiro atoms. The second-order valence-electron chi connectivity index (χ2n) is 3.75. The van der Waals surface area contributed by atoms with Crippen molar-refractivity contribution >= 4 is 5.82 Å². The number of nitrogens with two attached hydrogens (primary N) is 1. The number of nitrogen functional groups attached to an aromatic ring is 1. The average Bonchev–Trinajstić information content (AvgIpc) is 2.27. The van der Waals surface area contributed by atoms with E-state index < -0.39 is 11.6 Å². The normalized spacial score (nSPS) is 10.6. The molecule has 5 heteroatoms. The standard InChI is InChI=1S/C12H11F2N3/c1-6-11(16-7(2)17-12(6)15)9-5-8(13)3-4-10(9)14/h3-5H,1-2H3,(H2,15,16,17). The number of anilines is 1. The number of hydrogen-bond donors (Lipinski definition) is 1. The molecule has 1 aromatic carbocycles. The second kappa shape index (κ2) is 4.08. The molecule has 1 aromatic heterocycles. The summed E-state index contributed by atoms with van der Waals surface area (Å²) >= 11 is 0. The van der Waals surface area contributed by atoms with E-state index in [1.54, 1.807) is 13.8 Å². The van der Waals surface area contributed by atoms with E-state index >= 15 is 0 Å². The van der Waals surface area contributed by atoms with Crippen LogP contribution in [0.25, 0.3) is 11.3 Å². The minimum atomic E-state index is -0.535. The molecule has 3 nitrogen and oxygen atoms in total. The summed E-state index contributed by atoms with van der Waals surface area (Å²) in [6, 6.07) is 3.23. The van der Waals surface area contributed by atoms with Gasteiger partial charge in [0, 0.05) is 11.1 Å². The van der Waals surface area contributed by atoms with Crippen LogP contribution in [0.4, 0.5) is 14.6 Å². The lowest BCUT2D eigenvalue weighted by Crippen LogP contribution is -2.03. The van der Waals surface area contributed by atoms with Crippen LogP contribution in [-0.2, 0) is 0 Å². The first-order chi connectivity index (χ1) is 7.99. The van der Waals surface area contributed by atoms with E-state index in [9.17, 15) is 8.78 Å². The molecule has 0 radical (unpaired) electrons. The first kappa shape index (κ1) is 11.4. The van der Waals surface area contributed by atoms with Crippen molar-refractivity contribution in [3.8, 4) is 11.3 Å². The van der Waals surface area contributed by atoms with Crippen LogP contribution >= 0.6 is 0 Å². The van der Waals surface area contributed by atoms with E-state index in [-0.39, 0.29) is 11.4 Å². The summed E-state index contributed by atoms with van der Waals surface area (Å²) in [6.07, 6.45) is 0. The summed E-state index contributed by atoms with van der Waals surface area (Å²) in [5.74, 6) is -0.356. The van der Waals surface area contributed by atoms with E-state index in [4.69, 9.17) is 5.73 Å². The quantitative estimate of drug-likeness (QED) is 0.826. The van der Waals surface area contributed by atoms with Gasteiger partial charge in [-0.15, -0.1) is 0 Å². The zero-order valence-electron chi connectivity index (χ0n) is 9.46. The summed E-state index contributed by atoms with van der Waals surface area (Å²) in [5.41, 5.74) is 6.64. The Kier molecular flexibility index (Phi) is 2.75. The lowest BCUT2D eigenvalue weighted by molar-refractivity contribution is 0.602. The number of rotatable bonds is 1. The van der Waals surface area contributed by atoms with Crippen molar-refractivity contribution in [1.29, 1.82) is 0 Å². The van der Waals surface area contributed by atoms with Crippen LogP contribution in [0.15, 0.2) is 18.2 Å². The lowest BCUT2D eigenvalue weighted by atomic mass is 10.1. The molecule has 0 unspecified atom stereocenters. The van der Waals surface area contributed by atoms with Crippen LogP contribution in [0.3, 0.4) is 0 Å². The molecule has 0 saturated carbocycles. The lowest BCUT2D eigenvalue weighted by Gasteiger charge is -2.09. The van der Waals surface area contributed by atoms with Crippen molar-refractivity contribution in [3.05, 3.63) is 41.2 Å². The summed E-state index contributed by atoms with van der Waals surface area (Å²) < 4.78 is 26.8. The number of nitrogens with zero attached hydrogens (tertiary/aromatic N) is 2. The number of aryl methyl sites for hydroxylation is 1. The molecule has 0 aliphatic rings. The monoisotopic (exact) mass is 235 g/mol. The Morgan fingerprint density at radius 2 is 1.82 bits per heavy atom. The maximum atomic E-state index is 13.6. The third-order valence-electron chi connectivity index (χ3n) is 2.48. The van der Waals surface area contributed by atoms with Gasteiger partial charge in [-0.2, -0.15) is 0 Å². The minimum Gasteiger partial charge on any atom is -0.383 e. The fourth-order valence-electron chi connectivity index (χ4n) is 1.59. The predicted molar refractivity (Wildman–Crippen MR) is 61.3 cm³/mol. The zero-order valence-corrected chi connectivity index (χ0v) is 9.46. The maximum Gasteiger partial charge on any atom is 0.132 e. The molecule has 0 aliphatic heterocycles.